The number of rotatable bonds is 4. The monoisotopic (exact) mass is 332 g/mol. The Hall–Kier alpha value is -2.37. The van der Waals surface area contributed by atoms with Gasteiger partial charge < -0.3 is 15.3 Å². The number of benzene rings is 1. The lowest BCUT2D eigenvalue weighted by molar-refractivity contribution is -0.146. The highest BCUT2D eigenvalue weighted by Crippen LogP contribution is 2.32. The molecule has 0 bridgehead atoms. The van der Waals surface area contributed by atoms with Crippen molar-refractivity contribution < 1.29 is 19.5 Å². The summed E-state index contributed by atoms with van der Waals surface area (Å²) in [4.78, 5) is 37.5. The summed E-state index contributed by atoms with van der Waals surface area (Å²) in [6, 6.07) is 6.25. The summed E-state index contributed by atoms with van der Waals surface area (Å²) in [7, 11) is 3.31. The Morgan fingerprint density at radius 2 is 1.58 bits per heavy atom. The maximum absolute atomic E-state index is 12.4. The number of aliphatic carboxylic acids is 1. The molecular formula is C18H24N2O4. The van der Waals surface area contributed by atoms with Crippen LogP contribution in [0.15, 0.2) is 24.3 Å². The molecule has 0 aliphatic heterocycles. The highest BCUT2D eigenvalue weighted by Gasteiger charge is 2.42. The largest absolute Gasteiger partial charge is 0.480 e. The van der Waals surface area contributed by atoms with Gasteiger partial charge in [0.1, 0.15) is 5.54 Å². The van der Waals surface area contributed by atoms with Crippen LogP contribution in [0, 0.1) is 5.92 Å². The summed E-state index contributed by atoms with van der Waals surface area (Å²) in [6.07, 6.45) is 2.44. The summed E-state index contributed by atoms with van der Waals surface area (Å²) in [6.45, 7) is 2.09. The van der Waals surface area contributed by atoms with Crippen molar-refractivity contribution in [2.75, 3.05) is 14.1 Å². The molecule has 1 aromatic carbocycles. The second-order valence-corrected chi connectivity index (χ2v) is 6.80. The molecule has 2 rings (SSSR count). The lowest BCUT2D eigenvalue weighted by Gasteiger charge is -2.36. The van der Waals surface area contributed by atoms with Gasteiger partial charge in [0.15, 0.2) is 0 Å². The molecule has 130 valence electrons. The van der Waals surface area contributed by atoms with Crippen LogP contribution >= 0.6 is 0 Å². The third kappa shape index (κ3) is 3.75. The molecule has 6 nitrogen and oxygen atoms in total. The Morgan fingerprint density at radius 1 is 1.08 bits per heavy atom. The number of carbonyl (C=O) groups is 3. The fourth-order valence-electron chi connectivity index (χ4n) is 2.96. The Bertz CT molecular complexity index is 629. The number of nitrogens with one attached hydrogen (secondary N) is 1. The number of amides is 2. The van der Waals surface area contributed by atoms with Crippen LogP contribution in [0.5, 0.6) is 0 Å². The van der Waals surface area contributed by atoms with Gasteiger partial charge in [-0.3, -0.25) is 9.59 Å². The Kier molecular flexibility index (Phi) is 5.26. The maximum atomic E-state index is 12.4. The van der Waals surface area contributed by atoms with Crippen LogP contribution < -0.4 is 5.32 Å². The van der Waals surface area contributed by atoms with Gasteiger partial charge in [-0.15, -0.1) is 0 Å². The molecule has 0 saturated heterocycles. The van der Waals surface area contributed by atoms with Gasteiger partial charge in [0.2, 0.25) is 0 Å². The van der Waals surface area contributed by atoms with E-state index in [9.17, 15) is 19.5 Å². The van der Waals surface area contributed by atoms with Crippen molar-refractivity contribution in [3.05, 3.63) is 35.4 Å². The zero-order valence-electron chi connectivity index (χ0n) is 14.3. The smallest absolute Gasteiger partial charge is 0.329 e. The highest BCUT2D eigenvalue weighted by molar-refractivity contribution is 5.99. The predicted molar refractivity (Wildman–Crippen MR) is 89.9 cm³/mol. The molecule has 1 saturated carbocycles. The van der Waals surface area contributed by atoms with E-state index in [0.29, 0.717) is 29.9 Å². The minimum absolute atomic E-state index is 0.148. The number of hydrogen-bond donors (Lipinski definition) is 2. The fourth-order valence-corrected chi connectivity index (χ4v) is 2.96. The van der Waals surface area contributed by atoms with Crippen LogP contribution in [0.4, 0.5) is 0 Å². The van der Waals surface area contributed by atoms with Gasteiger partial charge >= 0.3 is 5.97 Å². The third-order valence-corrected chi connectivity index (χ3v) is 4.69. The molecule has 1 aliphatic carbocycles. The Balaban J connectivity index is 2.13. The van der Waals surface area contributed by atoms with E-state index in [1.165, 1.54) is 4.90 Å². The number of nitrogens with zero attached hydrogens (tertiary/aromatic N) is 1. The van der Waals surface area contributed by atoms with Gasteiger partial charge in [-0.2, -0.15) is 0 Å². The summed E-state index contributed by atoms with van der Waals surface area (Å²) in [5, 5.41) is 12.3. The summed E-state index contributed by atoms with van der Waals surface area (Å²) >= 11 is 0. The molecule has 1 aliphatic rings. The van der Waals surface area contributed by atoms with Crippen molar-refractivity contribution in [2.45, 2.75) is 38.1 Å². The van der Waals surface area contributed by atoms with Crippen LogP contribution in [0.3, 0.4) is 0 Å². The molecular weight excluding hydrogens is 308 g/mol. The van der Waals surface area contributed by atoms with Crippen LogP contribution in [-0.2, 0) is 4.79 Å². The van der Waals surface area contributed by atoms with E-state index in [1.807, 2.05) is 0 Å². The van der Waals surface area contributed by atoms with Gasteiger partial charge in [0.25, 0.3) is 11.8 Å². The lowest BCUT2D eigenvalue weighted by Crippen LogP contribution is -2.56. The zero-order valence-corrected chi connectivity index (χ0v) is 14.3. The molecule has 2 amide bonds. The highest BCUT2D eigenvalue weighted by atomic mass is 16.4. The number of hydrogen-bond acceptors (Lipinski definition) is 3. The van der Waals surface area contributed by atoms with Crippen molar-refractivity contribution in [1.82, 2.24) is 10.2 Å². The minimum atomic E-state index is -1.19. The first-order valence-corrected chi connectivity index (χ1v) is 8.13. The number of carboxylic acids is 1. The number of carbonyl (C=O) groups excluding carboxylic acids is 2. The molecule has 2 N–H and O–H groups in total. The first-order chi connectivity index (χ1) is 11.2. The molecule has 0 radical (unpaired) electrons. The maximum Gasteiger partial charge on any atom is 0.329 e. The van der Waals surface area contributed by atoms with Gasteiger partial charge in [-0.05, 0) is 55.9 Å². The molecule has 1 fully saturated rings. The summed E-state index contributed by atoms with van der Waals surface area (Å²) < 4.78 is 0. The second kappa shape index (κ2) is 7.03. The summed E-state index contributed by atoms with van der Waals surface area (Å²) in [5.41, 5.74) is -0.359. The molecule has 0 aromatic heterocycles. The van der Waals surface area contributed by atoms with Crippen molar-refractivity contribution >= 4 is 17.8 Å². The van der Waals surface area contributed by atoms with Crippen molar-refractivity contribution in [1.29, 1.82) is 0 Å². The van der Waals surface area contributed by atoms with Crippen molar-refractivity contribution in [3.63, 3.8) is 0 Å². The van der Waals surface area contributed by atoms with Gasteiger partial charge in [0.05, 0.1) is 0 Å². The molecule has 24 heavy (non-hydrogen) atoms. The fraction of sp³-hybridized carbons (Fsp3) is 0.500. The quantitative estimate of drug-likeness (QED) is 0.884. The van der Waals surface area contributed by atoms with E-state index in [1.54, 1.807) is 38.4 Å². The Labute approximate surface area is 141 Å². The van der Waals surface area contributed by atoms with Crippen LogP contribution in [0.1, 0.15) is 53.3 Å². The third-order valence-electron chi connectivity index (χ3n) is 4.69. The van der Waals surface area contributed by atoms with E-state index in [2.05, 4.69) is 12.2 Å². The molecule has 6 heteroatoms. The molecule has 0 heterocycles. The van der Waals surface area contributed by atoms with E-state index >= 15 is 0 Å². The number of carboxylic acid groups (broad SMARTS) is 1. The van der Waals surface area contributed by atoms with E-state index in [0.717, 1.165) is 12.8 Å². The predicted octanol–water partition coefficient (Wildman–Crippen LogP) is 2.15. The topological polar surface area (TPSA) is 86.7 Å². The van der Waals surface area contributed by atoms with Gasteiger partial charge in [-0.25, -0.2) is 4.79 Å². The van der Waals surface area contributed by atoms with Crippen LogP contribution in [0.25, 0.3) is 0 Å². The van der Waals surface area contributed by atoms with E-state index in [4.69, 9.17) is 0 Å². The van der Waals surface area contributed by atoms with Crippen LogP contribution in [-0.4, -0.2) is 47.4 Å². The van der Waals surface area contributed by atoms with Crippen molar-refractivity contribution in [3.8, 4) is 0 Å². The van der Waals surface area contributed by atoms with E-state index in [-0.39, 0.29) is 5.91 Å². The average Bonchev–Trinajstić information content (AvgIpc) is 2.56. The lowest BCUT2D eigenvalue weighted by atomic mass is 9.77. The standard InChI is InChI=1S/C18H24N2O4/c1-12-8-10-18(11-9-12,17(23)24)19-15(21)13-4-6-14(7-5-13)16(22)20(2)3/h4-7,12H,8-11H2,1-3H3,(H,19,21)(H,23,24). The molecule has 1 aromatic rings. The summed E-state index contributed by atoms with van der Waals surface area (Å²) in [5.74, 6) is -1.08. The minimum Gasteiger partial charge on any atom is -0.480 e. The van der Waals surface area contributed by atoms with Crippen molar-refractivity contribution in [2.24, 2.45) is 5.92 Å². The van der Waals surface area contributed by atoms with Gasteiger partial charge in [0, 0.05) is 25.2 Å². The average molecular weight is 332 g/mol. The SMILES string of the molecule is CC1CCC(NC(=O)c2ccc(C(=O)N(C)C)cc2)(C(=O)O)CC1. The molecule has 0 atom stereocenters. The molecule has 0 spiro atoms. The Morgan fingerprint density at radius 3 is 2.04 bits per heavy atom. The first kappa shape index (κ1) is 18.0. The normalized spacial score (nSPS) is 23.4. The van der Waals surface area contributed by atoms with E-state index < -0.39 is 17.4 Å². The van der Waals surface area contributed by atoms with Gasteiger partial charge in [-0.1, -0.05) is 6.92 Å². The zero-order chi connectivity index (χ0) is 17.9. The first-order valence-electron chi connectivity index (χ1n) is 8.13. The van der Waals surface area contributed by atoms with Crippen LogP contribution in [0.2, 0.25) is 0 Å². The molecule has 0 unspecified atom stereocenters. The second-order valence-electron chi connectivity index (χ2n) is 6.80.